The number of nitrogens with zero attached hydrogens (tertiary/aromatic N) is 5. The summed E-state index contributed by atoms with van der Waals surface area (Å²) in [6, 6.07) is 7.62. The molecule has 8 heteroatoms. The van der Waals surface area contributed by atoms with Crippen molar-refractivity contribution in [3.63, 3.8) is 0 Å². The van der Waals surface area contributed by atoms with Crippen molar-refractivity contribution < 1.29 is 9.32 Å². The maximum Gasteiger partial charge on any atom is 0.239 e. The van der Waals surface area contributed by atoms with Crippen LogP contribution in [0.5, 0.6) is 0 Å². The van der Waals surface area contributed by atoms with E-state index in [9.17, 15) is 4.79 Å². The molecular formula is C17H20N6O2. The van der Waals surface area contributed by atoms with Crippen molar-refractivity contribution >= 4 is 17.4 Å². The number of amides is 1. The molecule has 0 radical (unpaired) electrons. The summed E-state index contributed by atoms with van der Waals surface area (Å²) in [5.74, 6) is 2.45. The number of hydrogen-bond donors (Lipinski definition) is 1. The van der Waals surface area contributed by atoms with E-state index in [-0.39, 0.29) is 5.91 Å². The van der Waals surface area contributed by atoms with Crippen LogP contribution in [0.4, 0.5) is 5.82 Å². The average molecular weight is 340 g/mol. The molecule has 1 fully saturated rings. The topological polar surface area (TPSA) is 88.6 Å². The Bertz CT molecular complexity index is 878. The summed E-state index contributed by atoms with van der Waals surface area (Å²) in [6.07, 6.45) is 3.93. The summed E-state index contributed by atoms with van der Waals surface area (Å²) in [7, 11) is 0. The van der Waals surface area contributed by atoms with Gasteiger partial charge in [-0.2, -0.15) is 0 Å². The van der Waals surface area contributed by atoms with Gasteiger partial charge in [0.25, 0.3) is 0 Å². The maximum atomic E-state index is 12.1. The highest BCUT2D eigenvalue weighted by Crippen LogP contribution is 2.26. The third-order valence-corrected chi connectivity index (χ3v) is 4.56. The van der Waals surface area contributed by atoms with Crippen LogP contribution in [0, 0.1) is 6.92 Å². The lowest BCUT2D eigenvalue weighted by molar-refractivity contribution is -0.117. The quantitative estimate of drug-likeness (QED) is 0.780. The van der Waals surface area contributed by atoms with Crippen molar-refractivity contribution in [3.05, 3.63) is 42.0 Å². The highest BCUT2D eigenvalue weighted by Gasteiger charge is 2.25. The first-order valence-corrected chi connectivity index (χ1v) is 8.44. The van der Waals surface area contributed by atoms with Gasteiger partial charge in [0, 0.05) is 18.2 Å². The van der Waals surface area contributed by atoms with Crippen LogP contribution in [-0.4, -0.2) is 50.2 Å². The minimum absolute atomic E-state index is 0.0697. The van der Waals surface area contributed by atoms with Crippen LogP contribution in [0.2, 0.25) is 0 Å². The van der Waals surface area contributed by atoms with E-state index >= 15 is 0 Å². The van der Waals surface area contributed by atoms with Crippen LogP contribution in [-0.2, 0) is 4.79 Å². The number of anilines is 1. The predicted octanol–water partition coefficient (Wildman–Crippen LogP) is 1.84. The zero-order valence-electron chi connectivity index (χ0n) is 14.1. The zero-order valence-corrected chi connectivity index (χ0v) is 14.1. The van der Waals surface area contributed by atoms with E-state index in [1.807, 2.05) is 24.4 Å². The fourth-order valence-electron chi connectivity index (χ4n) is 3.30. The van der Waals surface area contributed by atoms with Crippen LogP contribution in [0.1, 0.15) is 30.3 Å². The first-order valence-electron chi connectivity index (χ1n) is 8.44. The number of carbonyl (C=O) groups is 1. The van der Waals surface area contributed by atoms with E-state index in [1.165, 1.54) is 0 Å². The second-order valence-electron chi connectivity index (χ2n) is 6.41. The number of carbonyl (C=O) groups excluding carboxylic acids is 1. The molecule has 1 saturated heterocycles. The van der Waals surface area contributed by atoms with Crippen molar-refractivity contribution in [3.8, 4) is 0 Å². The van der Waals surface area contributed by atoms with E-state index in [0.29, 0.717) is 24.0 Å². The molecular weight excluding hydrogens is 320 g/mol. The van der Waals surface area contributed by atoms with Gasteiger partial charge in [-0.1, -0.05) is 11.2 Å². The van der Waals surface area contributed by atoms with E-state index < -0.39 is 0 Å². The number of fused-ring (bicyclic) bond motifs is 1. The first kappa shape index (κ1) is 15.8. The molecule has 0 atom stereocenters. The van der Waals surface area contributed by atoms with Crippen LogP contribution in [0.15, 0.2) is 35.0 Å². The number of nitrogens with one attached hydrogen (secondary N) is 1. The second-order valence-corrected chi connectivity index (χ2v) is 6.41. The van der Waals surface area contributed by atoms with Crippen molar-refractivity contribution in [2.24, 2.45) is 0 Å². The molecule has 8 nitrogen and oxygen atoms in total. The van der Waals surface area contributed by atoms with Gasteiger partial charge < -0.3 is 9.84 Å². The molecule has 25 heavy (non-hydrogen) atoms. The third-order valence-electron chi connectivity index (χ3n) is 4.56. The minimum Gasteiger partial charge on any atom is -0.360 e. The molecule has 0 spiro atoms. The fourth-order valence-corrected chi connectivity index (χ4v) is 3.30. The molecule has 0 aliphatic carbocycles. The summed E-state index contributed by atoms with van der Waals surface area (Å²) in [5, 5.41) is 15.1. The summed E-state index contributed by atoms with van der Waals surface area (Å²) >= 11 is 0. The number of piperidine rings is 1. The molecule has 130 valence electrons. The SMILES string of the molecule is Cc1cc(NC(=O)CN2CCC(c3nnc4ccccn34)CC2)no1. The van der Waals surface area contributed by atoms with Gasteiger partial charge in [-0.25, -0.2) is 0 Å². The Hall–Kier alpha value is -2.74. The summed E-state index contributed by atoms with van der Waals surface area (Å²) < 4.78 is 7.01. The number of aryl methyl sites for hydroxylation is 1. The Morgan fingerprint density at radius 2 is 2.16 bits per heavy atom. The van der Waals surface area contributed by atoms with Crippen LogP contribution in [0.3, 0.4) is 0 Å². The van der Waals surface area contributed by atoms with Gasteiger partial charge in [0.05, 0.1) is 6.54 Å². The van der Waals surface area contributed by atoms with Crippen molar-refractivity contribution in [2.75, 3.05) is 25.0 Å². The molecule has 1 aliphatic rings. The Balaban J connectivity index is 1.33. The van der Waals surface area contributed by atoms with Gasteiger partial charge >= 0.3 is 0 Å². The molecule has 0 saturated carbocycles. The van der Waals surface area contributed by atoms with Gasteiger partial charge in [-0.15, -0.1) is 10.2 Å². The third kappa shape index (κ3) is 3.39. The molecule has 1 aliphatic heterocycles. The Morgan fingerprint density at radius 1 is 1.32 bits per heavy atom. The fraction of sp³-hybridized carbons (Fsp3) is 0.412. The average Bonchev–Trinajstić information content (AvgIpc) is 3.22. The highest BCUT2D eigenvalue weighted by atomic mass is 16.5. The normalized spacial score (nSPS) is 16.4. The summed E-state index contributed by atoms with van der Waals surface area (Å²) in [6.45, 7) is 3.87. The molecule has 3 aromatic heterocycles. The Kier molecular flexibility index (Phi) is 4.19. The van der Waals surface area contributed by atoms with Crippen molar-refractivity contribution in [1.82, 2.24) is 24.7 Å². The lowest BCUT2D eigenvalue weighted by atomic mass is 9.96. The van der Waals surface area contributed by atoms with E-state index in [4.69, 9.17) is 4.52 Å². The smallest absolute Gasteiger partial charge is 0.239 e. The minimum atomic E-state index is -0.0697. The zero-order chi connectivity index (χ0) is 17.2. The molecule has 3 aromatic rings. The van der Waals surface area contributed by atoms with Crippen LogP contribution >= 0.6 is 0 Å². The molecule has 1 N–H and O–H groups in total. The largest absolute Gasteiger partial charge is 0.360 e. The number of rotatable bonds is 4. The molecule has 4 heterocycles. The van der Waals surface area contributed by atoms with Crippen molar-refractivity contribution in [1.29, 1.82) is 0 Å². The predicted molar refractivity (Wildman–Crippen MR) is 91.3 cm³/mol. The summed E-state index contributed by atoms with van der Waals surface area (Å²) in [5.41, 5.74) is 0.877. The molecule has 0 aromatic carbocycles. The maximum absolute atomic E-state index is 12.1. The van der Waals surface area contributed by atoms with Gasteiger partial charge in [0.2, 0.25) is 5.91 Å². The molecule has 1 amide bonds. The second kappa shape index (κ2) is 6.64. The van der Waals surface area contributed by atoms with E-state index in [2.05, 4.69) is 30.0 Å². The Morgan fingerprint density at radius 3 is 2.92 bits per heavy atom. The lowest BCUT2D eigenvalue weighted by Crippen LogP contribution is -2.39. The van der Waals surface area contributed by atoms with Crippen LogP contribution < -0.4 is 5.32 Å². The standard InChI is InChI=1S/C17H20N6O2/c1-12-10-14(21-25-12)18-16(24)11-22-8-5-13(6-9-22)17-20-19-15-4-2-3-7-23(15)17/h2-4,7,10,13H,5-6,8-9,11H2,1H3,(H,18,21,24). The van der Waals surface area contributed by atoms with Crippen LogP contribution in [0.25, 0.3) is 5.65 Å². The lowest BCUT2D eigenvalue weighted by Gasteiger charge is -2.30. The van der Waals surface area contributed by atoms with Gasteiger partial charge in [-0.3, -0.25) is 14.1 Å². The van der Waals surface area contributed by atoms with E-state index in [1.54, 1.807) is 13.0 Å². The summed E-state index contributed by atoms with van der Waals surface area (Å²) in [4.78, 5) is 14.3. The van der Waals surface area contributed by atoms with Gasteiger partial charge in [0.1, 0.15) is 11.6 Å². The number of likely N-dealkylation sites (tertiary alicyclic amines) is 1. The van der Waals surface area contributed by atoms with Gasteiger partial charge in [0.15, 0.2) is 11.5 Å². The highest BCUT2D eigenvalue weighted by molar-refractivity contribution is 5.91. The number of aromatic nitrogens is 4. The monoisotopic (exact) mass is 340 g/mol. The molecule has 0 bridgehead atoms. The first-order chi connectivity index (χ1) is 12.2. The van der Waals surface area contributed by atoms with Crippen molar-refractivity contribution in [2.45, 2.75) is 25.7 Å². The number of pyridine rings is 1. The van der Waals surface area contributed by atoms with Gasteiger partial charge in [-0.05, 0) is 45.0 Å². The molecule has 4 rings (SSSR count). The molecule has 0 unspecified atom stereocenters. The Labute approximate surface area is 144 Å². The van der Waals surface area contributed by atoms with E-state index in [0.717, 1.165) is 37.4 Å². The number of hydrogen-bond acceptors (Lipinski definition) is 6.